The molecular weight excluding hydrogens is 372 g/mol. The number of carbonyl (C=O) groups excluding carboxylic acids is 2. The lowest BCUT2D eigenvalue weighted by Crippen LogP contribution is -2.26. The highest BCUT2D eigenvalue weighted by atomic mass is 32.1. The maximum Gasteiger partial charge on any atom is 0.265 e. The first-order valence-electron chi connectivity index (χ1n) is 8.84. The van der Waals surface area contributed by atoms with Gasteiger partial charge in [-0.2, -0.15) is 0 Å². The Bertz CT molecular complexity index is 1080. The molecule has 2 heterocycles. The lowest BCUT2D eigenvalue weighted by atomic mass is 10.1. The van der Waals surface area contributed by atoms with E-state index in [4.69, 9.17) is 4.42 Å². The molecule has 0 fully saturated rings. The summed E-state index contributed by atoms with van der Waals surface area (Å²) in [5.74, 6) is 0.337. The highest BCUT2D eigenvalue weighted by molar-refractivity contribution is 7.12. The van der Waals surface area contributed by atoms with Gasteiger partial charge in [0.1, 0.15) is 11.3 Å². The zero-order chi connectivity index (χ0) is 19.5. The molecule has 0 bridgehead atoms. The monoisotopic (exact) mass is 390 g/mol. The highest BCUT2D eigenvalue weighted by Gasteiger charge is 2.15. The molecule has 0 aliphatic rings. The molecule has 0 unspecified atom stereocenters. The van der Waals surface area contributed by atoms with Gasteiger partial charge in [0.05, 0.1) is 10.9 Å². The molecule has 4 rings (SSSR count). The van der Waals surface area contributed by atoms with Gasteiger partial charge in [-0.25, -0.2) is 0 Å². The molecule has 2 N–H and O–H groups in total. The third kappa shape index (κ3) is 3.82. The van der Waals surface area contributed by atoms with Crippen molar-refractivity contribution in [2.45, 2.75) is 13.0 Å². The van der Waals surface area contributed by atoms with Crippen molar-refractivity contribution in [3.63, 3.8) is 0 Å². The average molecular weight is 390 g/mol. The fraction of sp³-hybridized carbons (Fsp3) is 0.0909. The van der Waals surface area contributed by atoms with Crippen molar-refractivity contribution in [3.8, 4) is 0 Å². The van der Waals surface area contributed by atoms with Crippen LogP contribution < -0.4 is 10.6 Å². The van der Waals surface area contributed by atoms with E-state index in [1.165, 1.54) is 11.3 Å². The molecule has 0 saturated carbocycles. The Kier molecular flexibility index (Phi) is 4.95. The summed E-state index contributed by atoms with van der Waals surface area (Å²) in [5.41, 5.74) is 1.95. The van der Waals surface area contributed by atoms with Crippen LogP contribution in [0.25, 0.3) is 11.0 Å². The molecule has 6 heteroatoms. The molecule has 5 nitrogen and oxygen atoms in total. The van der Waals surface area contributed by atoms with Crippen molar-refractivity contribution < 1.29 is 14.0 Å². The molecule has 0 aliphatic heterocycles. The summed E-state index contributed by atoms with van der Waals surface area (Å²) in [4.78, 5) is 25.2. The SMILES string of the molecule is C[C@H](NC(=O)c1ccc(NC(=O)c2cccs2)cc1)c1cc2ccccc2o1. The topological polar surface area (TPSA) is 71.3 Å². The number of furan rings is 1. The number of benzene rings is 2. The molecule has 0 spiro atoms. The van der Waals surface area contributed by atoms with Crippen LogP contribution in [0.15, 0.2) is 76.5 Å². The Hall–Kier alpha value is -3.38. The van der Waals surface area contributed by atoms with Crippen molar-refractivity contribution in [1.82, 2.24) is 5.32 Å². The molecule has 0 aliphatic carbocycles. The van der Waals surface area contributed by atoms with Crippen molar-refractivity contribution in [2.24, 2.45) is 0 Å². The normalized spacial score (nSPS) is 11.9. The van der Waals surface area contributed by atoms with Crippen molar-refractivity contribution in [2.75, 3.05) is 5.32 Å². The lowest BCUT2D eigenvalue weighted by molar-refractivity contribution is 0.0935. The predicted octanol–water partition coefficient (Wildman–Crippen LogP) is 5.24. The van der Waals surface area contributed by atoms with Gasteiger partial charge in [0.2, 0.25) is 0 Å². The van der Waals surface area contributed by atoms with E-state index in [0.29, 0.717) is 21.9 Å². The Morgan fingerprint density at radius 3 is 2.46 bits per heavy atom. The summed E-state index contributed by atoms with van der Waals surface area (Å²) in [7, 11) is 0. The third-order valence-electron chi connectivity index (χ3n) is 4.37. The Labute approximate surface area is 166 Å². The first-order chi connectivity index (χ1) is 13.6. The maximum absolute atomic E-state index is 12.5. The van der Waals surface area contributed by atoms with Crippen LogP contribution in [0, 0.1) is 0 Å². The second kappa shape index (κ2) is 7.70. The number of hydrogen-bond acceptors (Lipinski definition) is 4. The zero-order valence-corrected chi connectivity index (χ0v) is 16.0. The largest absolute Gasteiger partial charge is 0.459 e. The van der Waals surface area contributed by atoms with Gasteiger partial charge >= 0.3 is 0 Å². The Morgan fingerprint density at radius 2 is 1.75 bits per heavy atom. The number of fused-ring (bicyclic) bond motifs is 1. The number of amides is 2. The van der Waals surface area contributed by atoms with Gasteiger partial charge in [-0.05, 0) is 54.8 Å². The first-order valence-corrected chi connectivity index (χ1v) is 9.72. The van der Waals surface area contributed by atoms with Crippen LogP contribution in [0.5, 0.6) is 0 Å². The van der Waals surface area contributed by atoms with Gasteiger partial charge < -0.3 is 15.1 Å². The number of hydrogen-bond donors (Lipinski definition) is 2. The predicted molar refractivity (Wildman–Crippen MR) is 111 cm³/mol. The molecule has 140 valence electrons. The summed E-state index contributed by atoms with van der Waals surface area (Å²) in [6.45, 7) is 1.88. The number of thiophene rings is 1. The first kappa shape index (κ1) is 18.0. The molecule has 2 amide bonds. The van der Waals surface area contributed by atoms with E-state index in [1.807, 2.05) is 48.7 Å². The van der Waals surface area contributed by atoms with Gasteiger partial charge in [0.15, 0.2) is 0 Å². The quantitative estimate of drug-likeness (QED) is 0.490. The molecule has 0 radical (unpaired) electrons. The van der Waals surface area contributed by atoms with E-state index in [2.05, 4.69) is 10.6 Å². The van der Waals surface area contributed by atoms with E-state index in [-0.39, 0.29) is 17.9 Å². The van der Waals surface area contributed by atoms with Gasteiger partial charge in [-0.1, -0.05) is 24.3 Å². The van der Waals surface area contributed by atoms with Crippen LogP contribution in [0.3, 0.4) is 0 Å². The van der Waals surface area contributed by atoms with Crippen molar-refractivity contribution in [1.29, 1.82) is 0 Å². The summed E-state index contributed by atoms with van der Waals surface area (Å²) < 4.78 is 5.80. The molecule has 2 aromatic heterocycles. The molecule has 1 atom stereocenters. The fourth-order valence-corrected chi connectivity index (χ4v) is 3.49. The van der Waals surface area contributed by atoms with Crippen LogP contribution in [0.4, 0.5) is 5.69 Å². The molecule has 2 aromatic carbocycles. The number of carbonyl (C=O) groups is 2. The van der Waals surface area contributed by atoms with E-state index in [0.717, 1.165) is 11.0 Å². The number of para-hydroxylation sites is 1. The third-order valence-corrected chi connectivity index (χ3v) is 5.24. The summed E-state index contributed by atoms with van der Waals surface area (Å²) in [6.07, 6.45) is 0. The van der Waals surface area contributed by atoms with Crippen LogP contribution in [-0.4, -0.2) is 11.8 Å². The number of anilines is 1. The lowest BCUT2D eigenvalue weighted by Gasteiger charge is -2.12. The summed E-state index contributed by atoms with van der Waals surface area (Å²) in [6, 6.07) is 19.8. The van der Waals surface area contributed by atoms with Crippen molar-refractivity contribution in [3.05, 3.63) is 88.3 Å². The second-order valence-electron chi connectivity index (χ2n) is 6.39. The second-order valence-corrected chi connectivity index (χ2v) is 7.34. The van der Waals surface area contributed by atoms with E-state index >= 15 is 0 Å². The van der Waals surface area contributed by atoms with Crippen LogP contribution >= 0.6 is 11.3 Å². The van der Waals surface area contributed by atoms with Gasteiger partial charge in [-0.3, -0.25) is 9.59 Å². The molecular formula is C22H18N2O3S. The van der Waals surface area contributed by atoms with Gasteiger partial charge in [-0.15, -0.1) is 11.3 Å². The molecule has 4 aromatic rings. The smallest absolute Gasteiger partial charge is 0.265 e. The fourth-order valence-electron chi connectivity index (χ4n) is 2.87. The minimum absolute atomic E-state index is 0.161. The minimum atomic E-state index is -0.266. The zero-order valence-electron chi connectivity index (χ0n) is 15.1. The van der Waals surface area contributed by atoms with Crippen LogP contribution in [-0.2, 0) is 0 Å². The van der Waals surface area contributed by atoms with Crippen LogP contribution in [0.1, 0.15) is 38.8 Å². The van der Waals surface area contributed by atoms with Gasteiger partial charge in [0, 0.05) is 16.6 Å². The maximum atomic E-state index is 12.5. The van der Waals surface area contributed by atoms with Gasteiger partial charge in [0.25, 0.3) is 11.8 Å². The Balaban J connectivity index is 1.41. The molecule has 28 heavy (non-hydrogen) atoms. The number of nitrogens with one attached hydrogen (secondary N) is 2. The highest BCUT2D eigenvalue weighted by Crippen LogP contribution is 2.24. The van der Waals surface area contributed by atoms with E-state index < -0.39 is 0 Å². The summed E-state index contributed by atoms with van der Waals surface area (Å²) >= 11 is 1.38. The molecule has 0 saturated heterocycles. The van der Waals surface area contributed by atoms with E-state index in [1.54, 1.807) is 30.3 Å². The van der Waals surface area contributed by atoms with E-state index in [9.17, 15) is 9.59 Å². The van der Waals surface area contributed by atoms with Crippen molar-refractivity contribution >= 4 is 39.8 Å². The number of rotatable bonds is 5. The summed E-state index contributed by atoms with van der Waals surface area (Å²) in [5, 5.41) is 8.61. The van der Waals surface area contributed by atoms with Crippen LogP contribution in [0.2, 0.25) is 0 Å². The standard InChI is InChI=1S/C22H18N2O3S/c1-14(19-13-16-5-2-3-6-18(16)27-19)23-21(25)15-8-10-17(11-9-15)24-22(26)20-7-4-12-28-20/h2-14H,1H3,(H,23,25)(H,24,26)/t14-/m0/s1. The minimum Gasteiger partial charge on any atom is -0.459 e. The average Bonchev–Trinajstić information content (AvgIpc) is 3.38. The Morgan fingerprint density at radius 1 is 0.964 bits per heavy atom.